The van der Waals surface area contributed by atoms with Crippen LogP contribution in [0.2, 0.25) is 0 Å². The first-order valence-corrected chi connectivity index (χ1v) is 11.6. The van der Waals surface area contributed by atoms with Crippen LogP contribution in [-0.4, -0.2) is 57.0 Å². The van der Waals surface area contributed by atoms with E-state index >= 15 is 0 Å². The Labute approximate surface area is 189 Å². The second-order valence-corrected chi connectivity index (χ2v) is 9.95. The fraction of sp³-hybridized carbons (Fsp3) is 0.421. The lowest BCUT2D eigenvalue weighted by atomic mass is 10.2. The molecule has 0 radical (unpaired) electrons. The van der Waals surface area contributed by atoms with Crippen LogP contribution in [0.1, 0.15) is 35.9 Å². The van der Waals surface area contributed by atoms with E-state index in [0.717, 1.165) is 17.4 Å². The topological polar surface area (TPSA) is 120 Å². The average Bonchev–Trinajstić information content (AvgIpc) is 3.53. The number of carbonyl (C=O) groups excluding carboxylic acids is 1. The predicted octanol–water partition coefficient (Wildman–Crippen LogP) is 2.77. The minimum Gasteiger partial charge on any atom is -0.348 e. The van der Waals surface area contributed by atoms with Gasteiger partial charge in [0.1, 0.15) is 22.6 Å². The summed E-state index contributed by atoms with van der Waals surface area (Å²) in [5.74, 6) is -6.34. The van der Waals surface area contributed by atoms with E-state index in [0.29, 0.717) is 6.07 Å². The van der Waals surface area contributed by atoms with Crippen LogP contribution in [0.4, 0.5) is 22.0 Å². The number of rotatable bonds is 6. The summed E-state index contributed by atoms with van der Waals surface area (Å²) in [7, 11) is -2.55. The summed E-state index contributed by atoms with van der Waals surface area (Å²) in [6.45, 7) is 1.39. The van der Waals surface area contributed by atoms with Crippen LogP contribution in [0.3, 0.4) is 0 Å². The molecule has 0 unspecified atom stereocenters. The van der Waals surface area contributed by atoms with Gasteiger partial charge < -0.3 is 9.88 Å². The number of aromatic nitrogens is 5. The molecule has 1 N–H and O–H groups in total. The van der Waals surface area contributed by atoms with Crippen LogP contribution in [0.25, 0.3) is 22.7 Å². The zero-order valence-corrected chi connectivity index (χ0v) is 18.5. The lowest BCUT2D eigenvalue weighted by Gasteiger charge is -2.17. The Kier molecular flexibility index (Phi) is 5.57. The van der Waals surface area contributed by atoms with Gasteiger partial charge >= 0.3 is 12.1 Å². The van der Waals surface area contributed by atoms with Gasteiger partial charge in [0.25, 0.3) is 5.91 Å². The smallest absolute Gasteiger partial charge is 0.348 e. The maximum Gasteiger partial charge on any atom is 0.459 e. The molecular formula is C19H17F5N6O3S. The average molecular weight is 504 g/mol. The number of fused-ring (bicyclic) bond motifs is 1. The van der Waals surface area contributed by atoms with Gasteiger partial charge in [0, 0.05) is 13.1 Å². The summed E-state index contributed by atoms with van der Waals surface area (Å²) in [6, 6.07) is 2.83. The number of pyridine rings is 1. The molecule has 0 spiro atoms. The van der Waals surface area contributed by atoms with Crippen molar-refractivity contribution < 1.29 is 35.2 Å². The first kappa shape index (κ1) is 23.9. The van der Waals surface area contributed by atoms with Crippen molar-refractivity contribution >= 4 is 26.9 Å². The van der Waals surface area contributed by atoms with Crippen molar-refractivity contribution in [3.8, 4) is 11.5 Å². The number of hydrogen-bond donors (Lipinski definition) is 1. The maximum absolute atomic E-state index is 13.7. The number of alkyl halides is 5. The number of halogens is 5. The fourth-order valence-corrected chi connectivity index (χ4v) is 4.14. The Morgan fingerprint density at radius 1 is 1.15 bits per heavy atom. The number of aryl methyl sites for hydroxylation is 1. The van der Waals surface area contributed by atoms with Crippen molar-refractivity contribution in [2.75, 3.05) is 5.75 Å². The van der Waals surface area contributed by atoms with Gasteiger partial charge in [0.15, 0.2) is 21.3 Å². The Morgan fingerprint density at radius 3 is 2.41 bits per heavy atom. The van der Waals surface area contributed by atoms with Crippen molar-refractivity contribution in [2.45, 2.75) is 42.8 Å². The summed E-state index contributed by atoms with van der Waals surface area (Å²) >= 11 is 0. The van der Waals surface area contributed by atoms with Gasteiger partial charge in [-0.05, 0) is 31.0 Å². The van der Waals surface area contributed by atoms with E-state index in [-0.39, 0.29) is 45.1 Å². The molecule has 182 valence electrons. The highest BCUT2D eigenvalue weighted by molar-refractivity contribution is 7.91. The second kappa shape index (κ2) is 7.92. The van der Waals surface area contributed by atoms with E-state index in [4.69, 9.17) is 0 Å². The third-order valence-electron chi connectivity index (χ3n) is 5.22. The molecule has 34 heavy (non-hydrogen) atoms. The van der Waals surface area contributed by atoms with Crippen molar-refractivity contribution in [2.24, 2.45) is 7.05 Å². The molecule has 15 heteroatoms. The van der Waals surface area contributed by atoms with E-state index < -0.39 is 33.5 Å². The molecular weight excluding hydrogens is 487 g/mol. The number of sulfone groups is 1. The van der Waals surface area contributed by atoms with Crippen LogP contribution >= 0.6 is 0 Å². The zero-order valence-electron chi connectivity index (χ0n) is 17.7. The highest BCUT2D eigenvalue weighted by atomic mass is 32.2. The van der Waals surface area contributed by atoms with E-state index in [9.17, 15) is 35.2 Å². The van der Waals surface area contributed by atoms with Crippen LogP contribution in [0.15, 0.2) is 23.1 Å². The van der Waals surface area contributed by atoms with Crippen LogP contribution < -0.4 is 5.32 Å². The first-order valence-electron chi connectivity index (χ1n) is 9.96. The SMILES string of the molecule is CCS(=O)(=O)c1ccc(C(=O)NC2CC2)nc1-c1nc2cc(C(F)(F)C(F)(F)F)nnc2n1C. The molecule has 1 saturated carbocycles. The van der Waals surface area contributed by atoms with Crippen LogP contribution in [-0.2, 0) is 22.8 Å². The van der Waals surface area contributed by atoms with Crippen molar-refractivity contribution in [3.05, 3.63) is 29.6 Å². The summed E-state index contributed by atoms with van der Waals surface area (Å²) < 4.78 is 92.2. The Hall–Kier alpha value is -3.23. The fourth-order valence-electron chi connectivity index (χ4n) is 3.12. The van der Waals surface area contributed by atoms with Crippen molar-refractivity contribution in [3.63, 3.8) is 0 Å². The number of nitrogens with zero attached hydrogens (tertiary/aromatic N) is 5. The minimum atomic E-state index is -5.90. The van der Waals surface area contributed by atoms with Gasteiger partial charge in [-0.2, -0.15) is 22.0 Å². The Balaban J connectivity index is 1.89. The molecule has 9 nitrogen and oxygen atoms in total. The molecule has 1 aliphatic carbocycles. The lowest BCUT2D eigenvalue weighted by molar-refractivity contribution is -0.291. The summed E-state index contributed by atoms with van der Waals surface area (Å²) in [6.07, 6.45) is -4.30. The van der Waals surface area contributed by atoms with Gasteiger partial charge in [-0.1, -0.05) is 6.92 Å². The Bertz CT molecular complexity index is 1400. The van der Waals surface area contributed by atoms with E-state index in [2.05, 4.69) is 25.5 Å². The number of imidazole rings is 1. The quantitative estimate of drug-likeness (QED) is 0.513. The monoisotopic (exact) mass is 504 g/mol. The molecule has 3 heterocycles. The number of carbonyl (C=O) groups is 1. The summed E-state index contributed by atoms with van der Waals surface area (Å²) in [4.78, 5) is 20.3. The van der Waals surface area contributed by atoms with Gasteiger partial charge in [-0.15, -0.1) is 10.2 Å². The molecule has 1 amide bonds. The van der Waals surface area contributed by atoms with Gasteiger partial charge in [-0.25, -0.2) is 18.4 Å². The van der Waals surface area contributed by atoms with Crippen molar-refractivity contribution in [1.82, 2.24) is 30.0 Å². The summed E-state index contributed by atoms with van der Waals surface area (Å²) in [5.41, 5.74) is -2.62. The van der Waals surface area contributed by atoms with E-state index in [1.54, 1.807) is 0 Å². The largest absolute Gasteiger partial charge is 0.459 e. The van der Waals surface area contributed by atoms with Crippen LogP contribution in [0.5, 0.6) is 0 Å². The molecule has 3 aromatic rings. The minimum absolute atomic E-state index is 0.00320. The number of hydrogen-bond acceptors (Lipinski definition) is 7. The molecule has 0 aromatic carbocycles. The third kappa shape index (κ3) is 4.08. The molecule has 1 fully saturated rings. The van der Waals surface area contributed by atoms with E-state index in [1.807, 2.05) is 0 Å². The van der Waals surface area contributed by atoms with Gasteiger partial charge in [0.05, 0.1) is 10.6 Å². The zero-order chi connectivity index (χ0) is 25.1. The van der Waals surface area contributed by atoms with Crippen molar-refractivity contribution in [1.29, 1.82) is 0 Å². The molecule has 1 aliphatic rings. The number of amides is 1. The predicted molar refractivity (Wildman–Crippen MR) is 108 cm³/mol. The number of nitrogens with one attached hydrogen (secondary N) is 1. The standard InChI is InChI=1S/C19H17F5N6O3S/c1-3-34(32,33)12-7-6-10(17(31)25-9-4-5-9)26-14(12)16-27-11-8-13(18(20,21)19(22,23)24)28-29-15(11)30(16)2/h6-9H,3-5H2,1-2H3,(H,25,31). The molecule has 4 rings (SSSR count). The van der Waals surface area contributed by atoms with Gasteiger partial charge in [0.2, 0.25) is 0 Å². The lowest BCUT2D eigenvalue weighted by Crippen LogP contribution is -2.34. The second-order valence-electron chi connectivity index (χ2n) is 7.70. The molecule has 0 saturated heterocycles. The highest BCUT2D eigenvalue weighted by Crippen LogP contribution is 2.43. The van der Waals surface area contributed by atoms with E-state index in [1.165, 1.54) is 26.1 Å². The van der Waals surface area contributed by atoms with Gasteiger partial charge in [-0.3, -0.25) is 4.79 Å². The third-order valence-corrected chi connectivity index (χ3v) is 6.98. The molecule has 3 aromatic heterocycles. The molecule has 0 atom stereocenters. The molecule has 0 aliphatic heterocycles. The van der Waals surface area contributed by atoms with Crippen LogP contribution in [0, 0.1) is 0 Å². The Morgan fingerprint density at radius 2 is 1.82 bits per heavy atom. The first-order chi connectivity index (χ1) is 15.8. The highest BCUT2D eigenvalue weighted by Gasteiger charge is 2.60. The normalized spacial score (nSPS) is 15.0. The summed E-state index contributed by atoms with van der Waals surface area (Å²) in [5, 5.41) is 9.15. The maximum atomic E-state index is 13.7. The molecule has 0 bridgehead atoms.